The number of hydrogen-bond acceptors (Lipinski definition) is 5. The molecule has 1 saturated heterocycles. The Morgan fingerprint density at radius 2 is 2.32 bits per heavy atom. The normalized spacial score (nSPS) is 17.5. The highest BCUT2D eigenvalue weighted by atomic mass is 19.1. The van der Waals surface area contributed by atoms with Gasteiger partial charge in [-0.05, 0) is 31.4 Å². The monoisotopic (exact) mass is 348 g/mol. The highest BCUT2D eigenvalue weighted by Crippen LogP contribution is 2.20. The lowest BCUT2D eigenvalue weighted by Crippen LogP contribution is -2.46. The summed E-state index contributed by atoms with van der Waals surface area (Å²) in [6.07, 6.45) is 4.32. The standard InChI is InChI=1S/C18H21FN2O4/c1-23-10-14-6-2-3-8-21(14)18(22)16-11-25-17(20-16)12-24-15-7-4-5-13(19)9-15/h4-5,7,9,11,14H,2-3,6,8,10,12H2,1H3/t14-/m1/s1. The van der Waals surface area contributed by atoms with Gasteiger partial charge in [0.25, 0.3) is 5.91 Å². The third-order valence-corrected chi connectivity index (χ3v) is 4.18. The van der Waals surface area contributed by atoms with Crippen molar-refractivity contribution in [2.75, 3.05) is 20.3 Å². The predicted molar refractivity (Wildman–Crippen MR) is 87.8 cm³/mol. The van der Waals surface area contributed by atoms with Crippen LogP contribution in [0, 0.1) is 5.82 Å². The summed E-state index contributed by atoms with van der Waals surface area (Å²) in [7, 11) is 1.63. The molecule has 0 unspecified atom stereocenters. The molecule has 1 amide bonds. The van der Waals surface area contributed by atoms with Gasteiger partial charge in [0.1, 0.15) is 17.8 Å². The van der Waals surface area contributed by atoms with Crippen molar-refractivity contribution in [2.45, 2.75) is 31.9 Å². The van der Waals surface area contributed by atoms with E-state index < -0.39 is 0 Å². The summed E-state index contributed by atoms with van der Waals surface area (Å²) < 4.78 is 29.1. The number of carbonyl (C=O) groups is 1. The molecule has 1 fully saturated rings. The summed E-state index contributed by atoms with van der Waals surface area (Å²) >= 11 is 0. The summed E-state index contributed by atoms with van der Waals surface area (Å²) in [5.41, 5.74) is 0.251. The fourth-order valence-corrected chi connectivity index (χ4v) is 2.96. The lowest BCUT2D eigenvalue weighted by molar-refractivity contribution is 0.0423. The van der Waals surface area contributed by atoms with Gasteiger partial charge >= 0.3 is 0 Å². The van der Waals surface area contributed by atoms with E-state index >= 15 is 0 Å². The highest BCUT2D eigenvalue weighted by Gasteiger charge is 2.29. The van der Waals surface area contributed by atoms with Gasteiger partial charge in [-0.3, -0.25) is 4.79 Å². The second-order valence-electron chi connectivity index (χ2n) is 5.98. The Balaban J connectivity index is 1.62. The fourth-order valence-electron chi connectivity index (χ4n) is 2.96. The molecule has 1 aromatic carbocycles. The molecule has 6 nitrogen and oxygen atoms in total. The summed E-state index contributed by atoms with van der Waals surface area (Å²) in [4.78, 5) is 18.7. The van der Waals surface area contributed by atoms with Crippen LogP contribution in [0.3, 0.4) is 0 Å². The number of oxazole rings is 1. The topological polar surface area (TPSA) is 64.8 Å². The Labute approximate surface area is 145 Å². The zero-order valence-corrected chi connectivity index (χ0v) is 14.1. The maximum Gasteiger partial charge on any atom is 0.276 e. The maximum atomic E-state index is 13.1. The number of carbonyl (C=O) groups excluding carboxylic acids is 1. The molecule has 3 rings (SSSR count). The lowest BCUT2D eigenvalue weighted by atomic mass is 10.0. The van der Waals surface area contributed by atoms with E-state index in [1.165, 1.54) is 18.4 Å². The van der Waals surface area contributed by atoms with E-state index in [4.69, 9.17) is 13.9 Å². The van der Waals surface area contributed by atoms with Gasteiger partial charge < -0.3 is 18.8 Å². The van der Waals surface area contributed by atoms with E-state index in [0.717, 1.165) is 19.3 Å². The first-order valence-corrected chi connectivity index (χ1v) is 8.30. The maximum absolute atomic E-state index is 13.1. The number of nitrogens with zero attached hydrogens (tertiary/aromatic N) is 2. The third kappa shape index (κ3) is 4.36. The molecular formula is C18H21FN2O4. The minimum absolute atomic E-state index is 0.0260. The molecule has 2 aromatic rings. The van der Waals surface area contributed by atoms with Crippen LogP contribution in [0.25, 0.3) is 0 Å². The Bertz CT molecular complexity index is 717. The van der Waals surface area contributed by atoms with Crippen molar-refractivity contribution >= 4 is 5.91 Å². The molecule has 0 aliphatic carbocycles. The average molecular weight is 348 g/mol. The molecule has 0 N–H and O–H groups in total. The molecule has 1 atom stereocenters. The molecule has 7 heteroatoms. The van der Waals surface area contributed by atoms with Crippen LogP contribution in [0.4, 0.5) is 4.39 Å². The van der Waals surface area contributed by atoms with Crippen LogP contribution in [0.15, 0.2) is 34.9 Å². The number of hydrogen-bond donors (Lipinski definition) is 0. The van der Waals surface area contributed by atoms with E-state index in [9.17, 15) is 9.18 Å². The molecule has 0 bridgehead atoms. The van der Waals surface area contributed by atoms with Crippen molar-refractivity contribution in [2.24, 2.45) is 0 Å². The molecule has 1 aliphatic heterocycles. The van der Waals surface area contributed by atoms with Gasteiger partial charge in [-0.1, -0.05) is 6.07 Å². The van der Waals surface area contributed by atoms with Crippen molar-refractivity contribution in [3.63, 3.8) is 0 Å². The number of rotatable bonds is 6. The first-order chi connectivity index (χ1) is 12.2. The zero-order valence-electron chi connectivity index (χ0n) is 14.1. The molecule has 25 heavy (non-hydrogen) atoms. The first kappa shape index (κ1) is 17.4. The van der Waals surface area contributed by atoms with E-state index in [0.29, 0.717) is 18.9 Å². The summed E-state index contributed by atoms with van der Waals surface area (Å²) in [5, 5.41) is 0. The molecule has 1 aliphatic rings. The first-order valence-electron chi connectivity index (χ1n) is 8.30. The highest BCUT2D eigenvalue weighted by molar-refractivity contribution is 5.92. The van der Waals surface area contributed by atoms with Gasteiger partial charge in [-0.2, -0.15) is 0 Å². The van der Waals surface area contributed by atoms with Crippen LogP contribution in [-0.2, 0) is 11.3 Å². The molecule has 134 valence electrons. The van der Waals surface area contributed by atoms with Crippen LogP contribution in [0.2, 0.25) is 0 Å². The van der Waals surface area contributed by atoms with Crippen LogP contribution in [0.5, 0.6) is 5.75 Å². The van der Waals surface area contributed by atoms with Gasteiger partial charge in [-0.25, -0.2) is 9.37 Å². The molecule has 0 radical (unpaired) electrons. The van der Waals surface area contributed by atoms with Gasteiger partial charge in [0, 0.05) is 19.7 Å². The number of ether oxygens (including phenoxy) is 2. The number of likely N-dealkylation sites (tertiary alicyclic amines) is 1. The van der Waals surface area contributed by atoms with Crippen LogP contribution in [-0.4, -0.2) is 42.1 Å². The number of amides is 1. The largest absolute Gasteiger partial charge is 0.484 e. The number of methoxy groups -OCH3 is 1. The van der Waals surface area contributed by atoms with E-state index in [-0.39, 0.29) is 36.0 Å². The van der Waals surface area contributed by atoms with Crippen molar-refractivity contribution in [3.8, 4) is 5.75 Å². The minimum Gasteiger partial charge on any atom is -0.484 e. The number of halogens is 1. The van der Waals surface area contributed by atoms with Gasteiger partial charge in [-0.15, -0.1) is 0 Å². The fraction of sp³-hybridized carbons (Fsp3) is 0.444. The van der Waals surface area contributed by atoms with Crippen LogP contribution >= 0.6 is 0 Å². The average Bonchev–Trinajstić information content (AvgIpc) is 3.09. The third-order valence-electron chi connectivity index (χ3n) is 4.18. The van der Waals surface area contributed by atoms with Crippen molar-refractivity contribution in [1.82, 2.24) is 9.88 Å². The van der Waals surface area contributed by atoms with E-state index in [2.05, 4.69) is 4.98 Å². The zero-order chi connectivity index (χ0) is 17.6. The van der Waals surface area contributed by atoms with Crippen LogP contribution in [0.1, 0.15) is 35.6 Å². The van der Waals surface area contributed by atoms with Gasteiger partial charge in [0.2, 0.25) is 5.89 Å². The second kappa shape index (κ2) is 8.11. The summed E-state index contributed by atoms with van der Waals surface area (Å²) in [5.74, 6) is 0.104. The number of aromatic nitrogens is 1. The Kier molecular flexibility index (Phi) is 5.65. The molecule has 0 saturated carbocycles. The Morgan fingerprint density at radius 1 is 1.44 bits per heavy atom. The quantitative estimate of drug-likeness (QED) is 0.803. The smallest absolute Gasteiger partial charge is 0.276 e. The van der Waals surface area contributed by atoms with Crippen molar-refractivity contribution < 1.29 is 23.1 Å². The predicted octanol–water partition coefficient (Wildman–Crippen LogP) is 3.03. The number of benzene rings is 1. The molecule has 1 aromatic heterocycles. The minimum atomic E-state index is -0.380. The Morgan fingerprint density at radius 3 is 3.12 bits per heavy atom. The Hall–Kier alpha value is -2.41. The van der Waals surface area contributed by atoms with Gasteiger partial charge in [0.05, 0.1) is 12.6 Å². The van der Waals surface area contributed by atoms with Crippen molar-refractivity contribution in [3.05, 3.63) is 47.9 Å². The molecule has 2 heterocycles. The van der Waals surface area contributed by atoms with E-state index in [1.54, 1.807) is 24.1 Å². The van der Waals surface area contributed by atoms with E-state index in [1.807, 2.05) is 0 Å². The SMILES string of the molecule is COC[C@H]1CCCCN1C(=O)c1coc(COc2cccc(F)c2)n1. The number of piperidine rings is 1. The molecular weight excluding hydrogens is 327 g/mol. The van der Waals surface area contributed by atoms with Gasteiger partial charge in [0.15, 0.2) is 12.3 Å². The van der Waals surface area contributed by atoms with Crippen molar-refractivity contribution in [1.29, 1.82) is 0 Å². The second-order valence-corrected chi connectivity index (χ2v) is 5.98. The molecule has 0 spiro atoms. The summed E-state index contributed by atoms with van der Waals surface area (Å²) in [6, 6.07) is 5.87. The summed E-state index contributed by atoms with van der Waals surface area (Å²) in [6.45, 7) is 1.23. The van der Waals surface area contributed by atoms with Crippen LogP contribution < -0.4 is 4.74 Å². The lowest BCUT2D eigenvalue weighted by Gasteiger charge is -2.34.